The van der Waals surface area contributed by atoms with E-state index in [0.29, 0.717) is 19.4 Å². The van der Waals surface area contributed by atoms with Crippen LogP contribution < -0.4 is 5.32 Å². The van der Waals surface area contributed by atoms with Gasteiger partial charge in [0, 0.05) is 24.8 Å². The number of nitrogens with zero attached hydrogens (tertiary/aromatic N) is 2. The summed E-state index contributed by atoms with van der Waals surface area (Å²) in [6.07, 6.45) is 0.943. The van der Waals surface area contributed by atoms with E-state index in [2.05, 4.69) is 10.4 Å². The Labute approximate surface area is 119 Å². The van der Waals surface area contributed by atoms with Crippen LogP contribution in [0.5, 0.6) is 0 Å². The molecule has 1 aromatic heterocycles. The lowest BCUT2D eigenvalue weighted by atomic mass is 10.1. The molecular weight excluding hydrogens is 278 g/mol. The lowest BCUT2D eigenvalue weighted by Crippen LogP contribution is -2.31. The Bertz CT molecular complexity index is 619. The smallest absolute Gasteiger partial charge is 0.224 e. The molecule has 20 heavy (non-hydrogen) atoms. The van der Waals surface area contributed by atoms with E-state index in [1.54, 1.807) is 4.68 Å². The SMILES string of the molecule is Cc1nn(C)c(C)c1CC(=O)NC[C@H]1CCS(=O)(=O)C1. The highest BCUT2D eigenvalue weighted by atomic mass is 32.2. The average molecular weight is 299 g/mol. The molecule has 6 nitrogen and oxygen atoms in total. The number of amides is 1. The topological polar surface area (TPSA) is 81.1 Å². The van der Waals surface area contributed by atoms with Crippen molar-refractivity contribution >= 4 is 15.7 Å². The highest BCUT2D eigenvalue weighted by molar-refractivity contribution is 7.91. The van der Waals surface area contributed by atoms with Gasteiger partial charge in [0.05, 0.1) is 23.6 Å². The number of rotatable bonds is 4. The minimum absolute atomic E-state index is 0.0556. The number of carbonyl (C=O) groups excluding carboxylic acids is 1. The van der Waals surface area contributed by atoms with Gasteiger partial charge in [0.15, 0.2) is 9.84 Å². The van der Waals surface area contributed by atoms with Crippen LogP contribution in [0.4, 0.5) is 0 Å². The van der Waals surface area contributed by atoms with Gasteiger partial charge in [0.1, 0.15) is 0 Å². The summed E-state index contributed by atoms with van der Waals surface area (Å²) in [7, 11) is -1.02. The number of hydrogen-bond donors (Lipinski definition) is 1. The summed E-state index contributed by atoms with van der Waals surface area (Å²) in [5.74, 6) is 0.417. The molecule has 0 unspecified atom stereocenters. The maximum atomic E-state index is 11.9. The number of hydrogen-bond acceptors (Lipinski definition) is 4. The molecule has 0 bridgehead atoms. The zero-order valence-corrected chi connectivity index (χ0v) is 13.0. The Hall–Kier alpha value is -1.37. The van der Waals surface area contributed by atoms with Crippen LogP contribution in [-0.2, 0) is 28.1 Å². The predicted octanol–water partition coefficient (Wildman–Crippen LogP) is 0.130. The van der Waals surface area contributed by atoms with Gasteiger partial charge in [-0.25, -0.2) is 8.42 Å². The average Bonchev–Trinajstić information content (AvgIpc) is 2.81. The molecule has 1 amide bonds. The molecule has 1 fully saturated rings. The fraction of sp³-hybridized carbons (Fsp3) is 0.692. The molecule has 1 atom stereocenters. The van der Waals surface area contributed by atoms with Crippen molar-refractivity contribution in [1.82, 2.24) is 15.1 Å². The molecule has 0 aliphatic carbocycles. The van der Waals surface area contributed by atoms with Crippen molar-refractivity contribution in [2.75, 3.05) is 18.1 Å². The molecule has 1 N–H and O–H groups in total. The van der Waals surface area contributed by atoms with E-state index in [0.717, 1.165) is 17.0 Å². The van der Waals surface area contributed by atoms with Crippen molar-refractivity contribution in [1.29, 1.82) is 0 Å². The second kappa shape index (κ2) is 5.55. The van der Waals surface area contributed by atoms with Crippen LogP contribution in [0.15, 0.2) is 0 Å². The van der Waals surface area contributed by atoms with Crippen LogP contribution in [0, 0.1) is 19.8 Å². The Balaban J connectivity index is 1.87. The van der Waals surface area contributed by atoms with Gasteiger partial charge in [-0.3, -0.25) is 9.48 Å². The largest absolute Gasteiger partial charge is 0.356 e. The molecule has 1 aliphatic heterocycles. The Morgan fingerprint density at radius 2 is 2.15 bits per heavy atom. The molecule has 0 aromatic carbocycles. The molecule has 1 aliphatic rings. The quantitative estimate of drug-likeness (QED) is 0.857. The Morgan fingerprint density at radius 1 is 1.45 bits per heavy atom. The van der Waals surface area contributed by atoms with Crippen LogP contribution in [0.25, 0.3) is 0 Å². The van der Waals surface area contributed by atoms with E-state index in [1.165, 1.54) is 0 Å². The summed E-state index contributed by atoms with van der Waals surface area (Å²) >= 11 is 0. The van der Waals surface area contributed by atoms with Crippen molar-refractivity contribution in [3.05, 3.63) is 17.0 Å². The fourth-order valence-electron chi connectivity index (χ4n) is 2.59. The minimum atomic E-state index is -2.88. The molecule has 2 heterocycles. The van der Waals surface area contributed by atoms with Gasteiger partial charge < -0.3 is 5.32 Å². The summed E-state index contributed by atoms with van der Waals surface area (Å²) in [5, 5.41) is 7.11. The molecule has 0 saturated carbocycles. The van der Waals surface area contributed by atoms with Gasteiger partial charge in [-0.2, -0.15) is 5.10 Å². The van der Waals surface area contributed by atoms with Crippen LogP contribution in [0.2, 0.25) is 0 Å². The molecule has 7 heteroatoms. The molecule has 1 aromatic rings. The van der Waals surface area contributed by atoms with Crippen molar-refractivity contribution in [3.63, 3.8) is 0 Å². The maximum Gasteiger partial charge on any atom is 0.224 e. The van der Waals surface area contributed by atoms with Gasteiger partial charge in [-0.15, -0.1) is 0 Å². The standard InChI is InChI=1S/C13H21N3O3S/c1-9-12(10(2)16(3)15-9)6-13(17)14-7-11-4-5-20(18,19)8-11/h11H,4-8H2,1-3H3,(H,14,17)/t11-/m1/s1. The predicted molar refractivity (Wildman–Crippen MR) is 76.2 cm³/mol. The lowest BCUT2D eigenvalue weighted by molar-refractivity contribution is -0.120. The second-order valence-electron chi connectivity index (χ2n) is 5.52. The summed E-state index contributed by atoms with van der Waals surface area (Å²) in [6, 6.07) is 0. The minimum Gasteiger partial charge on any atom is -0.356 e. The molecule has 0 radical (unpaired) electrons. The van der Waals surface area contributed by atoms with E-state index in [-0.39, 0.29) is 23.3 Å². The first-order valence-corrected chi connectivity index (χ1v) is 8.57. The van der Waals surface area contributed by atoms with E-state index >= 15 is 0 Å². The zero-order valence-electron chi connectivity index (χ0n) is 12.1. The number of aryl methyl sites for hydroxylation is 2. The van der Waals surface area contributed by atoms with Crippen LogP contribution in [0.1, 0.15) is 23.4 Å². The van der Waals surface area contributed by atoms with E-state index < -0.39 is 9.84 Å². The molecule has 112 valence electrons. The molecule has 0 spiro atoms. The number of sulfone groups is 1. The van der Waals surface area contributed by atoms with Crippen molar-refractivity contribution in [3.8, 4) is 0 Å². The van der Waals surface area contributed by atoms with Crippen molar-refractivity contribution in [2.24, 2.45) is 13.0 Å². The normalized spacial score (nSPS) is 21.1. The Morgan fingerprint density at radius 3 is 2.65 bits per heavy atom. The summed E-state index contributed by atoms with van der Waals surface area (Å²) in [5.41, 5.74) is 2.80. The molecular formula is C13H21N3O3S. The van der Waals surface area contributed by atoms with Crippen LogP contribution in [0.3, 0.4) is 0 Å². The first-order chi connectivity index (χ1) is 9.28. The second-order valence-corrected chi connectivity index (χ2v) is 7.75. The van der Waals surface area contributed by atoms with Crippen molar-refractivity contribution < 1.29 is 13.2 Å². The number of aromatic nitrogens is 2. The molecule has 1 saturated heterocycles. The van der Waals surface area contributed by atoms with Crippen molar-refractivity contribution in [2.45, 2.75) is 26.7 Å². The van der Waals surface area contributed by atoms with Gasteiger partial charge in [-0.05, 0) is 26.2 Å². The third-order valence-electron chi connectivity index (χ3n) is 3.91. The van der Waals surface area contributed by atoms with E-state index in [1.807, 2.05) is 20.9 Å². The highest BCUT2D eigenvalue weighted by Gasteiger charge is 2.28. The Kier molecular flexibility index (Phi) is 4.17. The van der Waals surface area contributed by atoms with Crippen LogP contribution >= 0.6 is 0 Å². The first-order valence-electron chi connectivity index (χ1n) is 6.74. The fourth-order valence-corrected chi connectivity index (χ4v) is 4.45. The van der Waals surface area contributed by atoms with Gasteiger partial charge in [0.25, 0.3) is 0 Å². The lowest BCUT2D eigenvalue weighted by Gasteiger charge is -2.09. The monoisotopic (exact) mass is 299 g/mol. The first kappa shape index (κ1) is 15.0. The molecule has 2 rings (SSSR count). The van der Waals surface area contributed by atoms with Gasteiger partial charge in [0.2, 0.25) is 5.91 Å². The summed E-state index contributed by atoms with van der Waals surface area (Å²) < 4.78 is 24.5. The zero-order chi connectivity index (χ0) is 14.9. The van der Waals surface area contributed by atoms with Crippen LogP contribution in [-0.4, -0.2) is 42.2 Å². The third-order valence-corrected chi connectivity index (χ3v) is 5.75. The maximum absolute atomic E-state index is 11.9. The van der Waals surface area contributed by atoms with E-state index in [4.69, 9.17) is 0 Å². The van der Waals surface area contributed by atoms with Gasteiger partial charge in [-0.1, -0.05) is 0 Å². The summed E-state index contributed by atoms with van der Waals surface area (Å²) in [4.78, 5) is 11.9. The van der Waals surface area contributed by atoms with Gasteiger partial charge >= 0.3 is 0 Å². The number of nitrogens with one attached hydrogen (secondary N) is 1. The number of carbonyl (C=O) groups is 1. The van der Waals surface area contributed by atoms with E-state index in [9.17, 15) is 13.2 Å². The highest BCUT2D eigenvalue weighted by Crippen LogP contribution is 2.17. The third kappa shape index (κ3) is 3.39. The summed E-state index contributed by atoms with van der Waals surface area (Å²) in [6.45, 7) is 4.27.